The summed E-state index contributed by atoms with van der Waals surface area (Å²) in [5, 5.41) is 5.05. The summed E-state index contributed by atoms with van der Waals surface area (Å²) < 4.78 is 1.86. The fourth-order valence-corrected chi connectivity index (χ4v) is 1.95. The van der Waals surface area contributed by atoms with Crippen LogP contribution in [0.3, 0.4) is 0 Å². The number of hydrogen-bond donors (Lipinski definition) is 1. The SMILES string of the molecule is Cc1ccc(Cn2cc(C(C)N)cn2)c(Cl)c1. The Kier molecular flexibility index (Phi) is 3.50. The summed E-state index contributed by atoms with van der Waals surface area (Å²) in [6.07, 6.45) is 3.76. The highest BCUT2D eigenvalue weighted by atomic mass is 35.5. The van der Waals surface area contributed by atoms with Gasteiger partial charge in [-0.3, -0.25) is 4.68 Å². The van der Waals surface area contributed by atoms with E-state index in [0.717, 1.165) is 21.7 Å². The van der Waals surface area contributed by atoms with Crippen molar-refractivity contribution in [2.75, 3.05) is 0 Å². The molecule has 1 aromatic heterocycles. The first kappa shape index (κ1) is 12.1. The quantitative estimate of drug-likeness (QED) is 0.909. The fourth-order valence-electron chi connectivity index (χ4n) is 1.66. The Balaban J connectivity index is 2.19. The van der Waals surface area contributed by atoms with Crippen molar-refractivity contribution in [2.24, 2.45) is 5.73 Å². The predicted octanol–water partition coefficient (Wildman–Crippen LogP) is 2.91. The third-order valence-electron chi connectivity index (χ3n) is 2.72. The van der Waals surface area contributed by atoms with Crippen molar-refractivity contribution < 1.29 is 0 Å². The van der Waals surface area contributed by atoms with Crippen LogP contribution in [0.5, 0.6) is 0 Å². The Morgan fingerprint density at radius 1 is 1.47 bits per heavy atom. The van der Waals surface area contributed by atoms with Gasteiger partial charge in [0.2, 0.25) is 0 Å². The van der Waals surface area contributed by atoms with E-state index in [1.165, 1.54) is 0 Å². The van der Waals surface area contributed by atoms with Crippen LogP contribution < -0.4 is 5.73 Å². The lowest BCUT2D eigenvalue weighted by Crippen LogP contribution is -2.04. The molecular weight excluding hydrogens is 234 g/mol. The molecule has 0 aliphatic heterocycles. The Morgan fingerprint density at radius 3 is 2.82 bits per heavy atom. The molecule has 2 rings (SSSR count). The van der Waals surface area contributed by atoms with Crippen molar-refractivity contribution in [3.8, 4) is 0 Å². The zero-order valence-corrected chi connectivity index (χ0v) is 10.8. The molecule has 3 nitrogen and oxygen atoms in total. The van der Waals surface area contributed by atoms with Crippen molar-refractivity contribution in [1.29, 1.82) is 0 Å². The molecule has 0 bridgehead atoms. The summed E-state index contributed by atoms with van der Waals surface area (Å²) >= 11 is 6.18. The van der Waals surface area contributed by atoms with E-state index in [1.54, 1.807) is 6.20 Å². The number of halogens is 1. The van der Waals surface area contributed by atoms with Crippen LogP contribution in [0.4, 0.5) is 0 Å². The maximum Gasteiger partial charge on any atom is 0.0674 e. The first-order valence-corrected chi connectivity index (χ1v) is 5.97. The highest BCUT2D eigenvalue weighted by Gasteiger charge is 2.05. The molecule has 0 amide bonds. The number of nitrogens with two attached hydrogens (primary N) is 1. The summed E-state index contributed by atoms with van der Waals surface area (Å²) in [7, 11) is 0. The van der Waals surface area contributed by atoms with Crippen LogP contribution in [0.25, 0.3) is 0 Å². The van der Waals surface area contributed by atoms with Gasteiger partial charge in [-0.2, -0.15) is 5.10 Å². The smallest absolute Gasteiger partial charge is 0.0674 e. The minimum Gasteiger partial charge on any atom is -0.324 e. The van der Waals surface area contributed by atoms with Crippen LogP contribution in [0.1, 0.15) is 29.7 Å². The summed E-state index contributed by atoms with van der Waals surface area (Å²) in [5.74, 6) is 0. The summed E-state index contributed by atoms with van der Waals surface area (Å²) in [6, 6.07) is 6.06. The van der Waals surface area contributed by atoms with Crippen LogP contribution in [-0.4, -0.2) is 9.78 Å². The van der Waals surface area contributed by atoms with Gasteiger partial charge in [0.1, 0.15) is 0 Å². The van der Waals surface area contributed by atoms with Crippen LogP contribution in [0, 0.1) is 6.92 Å². The highest BCUT2D eigenvalue weighted by Crippen LogP contribution is 2.19. The molecule has 0 aliphatic rings. The first-order chi connectivity index (χ1) is 8.06. The van der Waals surface area contributed by atoms with Crippen molar-refractivity contribution in [3.63, 3.8) is 0 Å². The molecule has 0 saturated carbocycles. The van der Waals surface area contributed by atoms with Gasteiger partial charge in [0.05, 0.1) is 12.7 Å². The van der Waals surface area contributed by atoms with Crippen molar-refractivity contribution >= 4 is 11.6 Å². The Hall–Kier alpha value is -1.32. The van der Waals surface area contributed by atoms with Crippen molar-refractivity contribution in [2.45, 2.75) is 26.4 Å². The molecule has 0 fully saturated rings. The van der Waals surface area contributed by atoms with Gasteiger partial charge in [-0.1, -0.05) is 23.7 Å². The van der Waals surface area contributed by atoms with Gasteiger partial charge in [0.25, 0.3) is 0 Å². The number of rotatable bonds is 3. The highest BCUT2D eigenvalue weighted by molar-refractivity contribution is 6.31. The normalized spacial score (nSPS) is 12.7. The molecule has 17 heavy (non-hydrogen) atoms. The lowest BCUT2D eigenvalue weighted by Gasteiger charge is -2.05. The van der Waals surface area contributed by atoms with Gasteiger partial charge < -0.3 is 5.73 Å². The molecule has 0 spiro atoms. The van der Waals surface area contributed by atoms with E-state index in [4.69, 9.17) is 17.3 Å². The second kappa shape index (κ2) is 4.90. The maximum absolute atomic E-state index is 6.18. The fraction of sp³-hybridized carbons (Fsp3) is 0.308. The van der Waals surface area contributed by atoms with Crippen LogP contribution in [-0.2, 0) is 6.54 Å². The molecular formula is C13H16ClN3. The van der Waals surface area contributed by atoms with E-state index in [9.17, 15) is 0 Å². The average molecular weight is 250 g/mol. The lowest BCUT2D eigenvalue weighted by molar-refractivity contribution is 0.684. The summed E-state index contributed by atoms with van der Waals surface area (Å²) in [5.41, 5.74) is 9.05. The zero-order valence-electron chi connectivity index (χ0n) is 10.0. The number of hydrogen-bond acceptors (Lipinski definition) is 2. The van der Waals surface area contributed by atoms with E-state index in [2.05, 4.69) is 11.2 Å². The molecule has 0 saturated heterocycles. The van der Waals surface area contributed by atoms with Gasteiger partial charge in [-0.25, -0.2) is 0 Å². The van der Waals surface area contributed by atoms with Gasteiger partial charge in [0.15, 0.2) is 0 Å². The third-order valence-corrected chi connectivity index (χ3v) is 3.07. The van der Waals surface area contributed by atoms with Gasteiger partial charge in [0, 0.05) is 22.8 Å². The number of aromatic nitrogens is 2. The predicted molar refractivity (Wildman–Crippen MR) is 70.1 cm³/mol. The van der Waals surface area contributed by atoms with E-state index < -0.39 is 0 Å². The van der Waals surface area contributed by atoms with E-state index in [1.807, 2.05) is 36.9 Å². The molecule has 2 N–H and O–H groups in total. The Labute approximate surface area is 106 Å². The standard InChI is InChI=1S/C13H16ClN3/c1-9-3-4-11(13(14)5-9)7-17-8-12(6-16-17)10(2)15/h3-6,8,10H,7,15H2,1-2H3. The number of aryl methyl sites for hydroxylation is 1. The van der Waals surface area contributed by atoms with Crippen molar-refractivity contribution in [1.82, 2.24) is 9.78 Å². The zero-order chi connectivity index (χ0) is 12.4. The van der Waals surface area contributed by atoms with Crippen LogP contribution in [0.2, 0.25) is 5.02 Å². The number of nitrogens with zero attached hydrogens (tertiary/aromatic N) is 2. The Bertz CT molecular complexity index is 517. The van der Waals surface area contributed by atoms with Crippen molar-refractivity contribution in [3.05, 3.63) is 52.3 Å². The maximum atomic E-state index is 6.18. The van der Waals surface area contributed by atoms with E-state index >= 15 is 0 Å². The van der Waals surface area contributed by atoms with Crippen LogP contribution >= 0.6 is 11.6 Å². The largest absolute Gasteiger partial charge is 0.324 e. The molecule has 0 radical (unpaired) electrons. The monoisotopic (exact) mass is 249 g/mol. The minimum atomic E-state index is 0.0113. The molecule has 2 aromatic rings. The van der Waals surface area contributed by atoms with Gasteiger partial charge >= 0.3 is 0 Å². The second-order valence-corrected chi connectivity index (χ2v) is 4.76. The van der Waals surface area contributed by atoms with E-state index in [0.29, 0.717) is 6.54 Å². The van der Waals surface area contributed by atoms with Gasteiger partial charge in [-0.15, -0.1) is 0 Å². The third kappa shape index (κ3) is 2.87. The average Bonchev–Trinajstić information content (AvgIpc) is 2.71. The molecule has 1 aromatic carbocycles. The van der Waals surface area contributed by atoms with E-state index in [-0.39, 0.29) is 6.04 Å². The first-order valence-electron chi connectivity index (χ1n) is 5.59. The topological polar surface area (TPSA) is 43.8 Å². The second-order valence-electron chi connectivity index (χ2n) is 4.35. The lowest BCUT2D eigenvalue weighted by atomic mass is 10.1. The van der Waals surface area contributed by atoms with Crippen LogP contribution in [0.15, 0.2) is 30.6 Å². The van der Waals surface area contributed by atoms with Gasteiger partial charge in [-0.05, 0) is 31.0 Å². The molecule has 1 heterocycles. The molecule has 0 aliphatic carbocycles. The molecule has 1 atom stereocenters. The summed E-state index contributed by atoms with van der Waals surface area (Å²) in [4.78, 5) is 0. The molecule has 4 heteroatoms. The molecule has 90 valence electrons. The Morgan fingerprint density at radius 2 is 2.24 bits per heavy atom. The minimum absolute atomic E-state index is 0.0113. The summed E-state index contributed by atoms with van der Waals surface area (Å²) in [6.45, 7) is 4.64. The number of benzene rings is 1. The molecule has 1 unspecified atom stereocenters.